The fraction of sp³-hybridized carbons (Fsp3) is 0.118. The molecule has 0 aliphatic heterocycles. The number of rotatable bonds is 3. The molecule has 0 fully saturated rings. The van der Waals surface area contributed by atoms with Crippen LogP contribution in [0.15, 0.2) is 41.1 Å². The summed E-state index contributed by atoms with van der Waals surface area (Å²) in [6.45, 7) is 1.83. The lowest BCUT2D eigenvalue weighted by molar-refractivity contribution is 0.102. The summed E-state index contributed by atoms with van der Waals surface area (Å²) in [6.07, 6.45) is 3.33. The van der Waals surface area contributed by atoms with Gasteiger partial charge in [-0.25, -0.2) is 4.39 Å². The molecule has 0 spiro atoms. The molecule has 4 aromatic heterocycles. The zero-order valence-electron chi connectivity index (χ0n) is 13.0. The molecule has 6 nitrogen and oxygen atoms in total. The molecule has 0 atom stereocenters. The van der Waals surface area contributed by atoms with Gasteiger partial charge in [0, 0.05) is 42.8 Å². The van der Waals surface area contributed by atoms with Gasteiger partial charge < -0.3 is 9.73 Å². The molecular weight excluding hydrogens is 311 g/mol. The molecule has 0 radical (unpaired) electrons. The van der Waals surface area contributed by atoms with Crippen LogP contribution in [0.4, 0.5) is 10.2 Å². The van der Waals surface area contributed by atoms with Gasteiger partial charge in [-0.15, -0.1) is 0 Å². The van der Waals surface area contributed by atoms with Crippen molar-refractivity contribution < 1.29 is 13.6 Å². The average Bonchev–Trinajstić information content (AvgIpc) is 3.21. The number of benzene rings is 1. The van der Waals surface area contributed by atoms with Crippen molar-refractivity contribution in [2.45, 2.75) is 6.92 Å². The van der Waals surface area contributed by atoms with Crippen LogP contribution in [0, 0.1) is 12.7 Å². The second-order valence-corrected chi connectivity index (χ2v) is 5.55. The lowest BCUT2D eigenvalue weighted by Gasteiger charge is -2.07. The molecule has 1 amide bonds. The first-order chi connectivity index (χ1) is 11.5. The summed E-state index contributed by atoms with van der Waals surface area (Å²) < 4.78 is 21.0. The van der Waals surface area contributed by atoms with E-state index < -0.39 is 11.7 Å². The number of pyridine rings is 1. The Bertz CT molecular complexity index is 1050. The first-order valence-corrected chi connectivity index (χ1v) is 7.31. The number of hydrogen-bond acceptors (Lipinski definition) is 4. The molecule has 0 aliphatic rings. The van der Waals surface area contributed by atoms with Crippen LogP contribution >= 0.6 is 0 Å². The third kappa shape index (κ3) is 2.21. The van der Waals surface area contributed by atoms with Gasteiger partial charge >= 0.3 is 0 Å². The molecule has 7 heteroatoms. The fourth-order valence-corrected chi connectivity index (χ4v) is 2.76. The minimum absolute atomic E-state index is 0.0711. The van der Waals surface area contributed by atoms with Gasteiger partial charge in [-0.2, -0.15) is 5.10 Å². The van der Waals surface area contributed by atoms with Gasteiger partial charge in [0.25, 0.3) is 5.91 Å². The predicted octanol–water partition coefficient (Wildman–Crippen LogP) is 3.37. The van der Waals surface area contributed by atoms with Gasteiger partial charge in [0.2, 0.25) is 0 Å². The third-order valence-corrected chi connectivity index (χ3v) is 3.78. The Kier molecular flexibility index (Phi) is 3.09. The highest BCUT2D eigenvalue weighted by molar-refractivity contribution is 6.16. The monoisotopic (exact) mass is 324 g/mol. The van der Waals surface area contributed by atoms with E-state index in [-0.39, 0.29) is 11.2 Å². The summed E-state index contributed by atoms with van der Waals surface area (Å²) in [7, 11) is 1.75. The van der Waals surface area contributed by atoms with E-state index in [1.165, 1.54) is 6.07 Å². The number of carbonyl (C=O) groups is 1. The smallest absolute Gasteiger partial charge is 0.261 e. The van der Waals surface area contributed by atoms with Crippen LogP contribution in [0.25, 0.3) is 22.3 Å². The summed E-state index contributed by atoms with van der Waals surface area (Å²) in [6, 6.07) is 6.41. The van der Waals surface area contributed by atoms with Crippen LogP contribution in [0.5, 0.6) is 0 Å². The maximum Gasteiger partial charge on any atom is 0.261 e. The molecule has 4 heterocycles. The highest BCUT2D eigenvalue weighted by Gasteiger charge is 2.27. The number of furan rings is 2. The molecule has 4 aromatic rings. The van der Waals surface area contributed by atoms with E-state index in [0.29, 0.717) is 22.5 Å². The van der Waals surface area contributed by atoms with Crippen LogP contribution < -0.4 is 5.32 Å². The van der Waals surface area contributed by atoms with Crippen molar-refractivity contribution in [3.05, 3.63) is 53.7 Å². The van der Waals surface area contributed by atoms with Crippen LogP contribution in [0.3, 0.4) is 0 Å². The van der Waals surface area contributed by atoms with Crippen LogP contribution in [0.1, 0.15) is 16.1 Å². The van der Waals surface area contributed by atoms with Crippen molar-refractivity contribution in [1.29, 1.82) is 0 Å². The average molecular weight is 324 g/mol. The van der Waals surface area contributed by atoms with Crippen molar-refractivity contribution in [1.82, 2.24) is 14.8 Å². The molecule has 0 aromatic carbocycles. The Morgan fingerprint density at radius 3 is 2.88 bits per heavy atom. The van der Waals surface area contributed by atoms with Gasteiger partial charge in [0.1, 0.15) is 5.58 Å². The summed E-state index contributed by atoms with van der Waals surface area (Å²) in [4.78, 5) is 16.8. The van der Waals surface area contributed by atoms with E-state index in [1.807, 2.05) is 6.92 Å². The van der Waals surface area contributed by atoms with Crippen molar-refractivity contribution in [2.75, 3.05) is 5.32 Å². The van der Waals surface area contributed by atoms with Crippen LogP contribution in [0.2, 0.25) is 0 Å². The van der Waals surface area contributed by atoms with E-state index in [1.54, 1.807) is 42.3 Å². The second-order valence-electron chi connectivity index (χ2n) is 5.55. The van der Waals surface area contributed by atoms with Crippen molar-refractivity contribution in [3.8, 4) is 11.1 Å². The molecule has 2 bridgehead atoms. The summed E-state index contributed by atoms with van der Waals surface area (Å²) in [5.41, 5.74) is 2.46. The molecule has 4 rings (SSSR count). The van der Waals surface area contributed by atoms with Crippen molar-refractivity contribution in [2.24, 2.45) is 7.05 Å². The molecular formula is C17H13FN4O2. The number of aromatic nitrogens is 3. The largest absolute Gasteiger partial charge is 0.453 e. The highest BCUT2D eigenvalue weighted by Crippen LogP contribution is 2.39. The minimum Gasteiger partial charge on any atom is -0.453 e. The second kappa shape index (κ2) is 5.16. The Morgan fingerprint density at radius 2 is 2.17 bits per heavy atom. The third-order valence-electron chi connectivity index (χ3n) is 3.78. The molecule has 24 heavy (non-hydrogen) atoms. The number of carbonyl (C=O) groups excluding carboxylic acids is 1. The molecule has 0 aliphatic carbocycles. The van der Waals surface area contributed by atoms with E-state index in [4.69, 9.17) is 4.42 Å². The Balaban J connectivity index is 1.82. The molecule has 1 N–H and O–H groups in total. The van der Waals surface area contributed by atoms with Gasteiger partial charge in [-0.3, -0.25) is 14.5 Å². The zero-order chi connectivity index (χ0) is 16.8. The lowest BCUT2D eigenvalue weighted by atomic mass is 9.99. The van der Waals surface area contributed by atoms with Gasteiger partial charge in [-0.05, 0) is 24.6 Å². The zero-order valence-corrected chi connectivity index (χ0v) is 13.0. The van der Waals surface area contributed by atoms with Crippen LogP contribution in [-0.4, -0.2) is 20.7 Å². The predicted molar refractivity (Wildman–Crippen MR) is 86.5 cm³/mol. The van der Waals surface area contributed by atoms with Crippen molar-refractivity contribution in [3.63, 3.8) is 0 Å². The fourth-order valence-electron chi connectivity index (χ4n) is 2.76. The first kappa shape index (κ1) is 14.4. The van der Waals surface area contributed by atoms with Gasteiger partial charge in [0.05, 0.1) is 5.56 Å². The van der Waals surface area contributed by atoms with Crippen molar-refractivity contribution >= 4 is 22.9 Å². The SMILES string of the molecule is Cc1cc(-c2c(C(=O)Nc3ccn(C)n3)c3cc(F)c2o3)ccn1. The Morgan fingerprint density at radius 1 is 1.33 bits per heavy atom. The standard InChI is InChI=1S/C17H13FN4O2/c1-9-7-10(3-5-19-9)14-15(12-8-11(18)16(14)24-12)17(23)20-13-4-6-22(2)21-13/h3-8H,1-2H3,(H,20,21,23). The topological polar surface area (TPSA) is 73.0 Å². The number of aryl methyl sites for hydroxylation is 2. The molecule has 120 valence electrons. The van der Waals surface area contributed by atoms with E-state index in [9.17, 15) is 9.18 Å². The summed E-state index contributed by atoms with van der Waals surface area (Å²) in [5.74, 6) is -0.464. The van der Waals surface area contributed by atoms with Gasteiger partial charge in [-0.1, -0.05) is 0 Å². The Labute approximate surface area is 136 Å². The molecule has 0 unspecified atom stereocenters. The number of hydrogen-bond donors (Lipinski definition) is 1. The van der Waals surface area contributed by atoms with E-state index in [0.717, 1.165) is 5.69 Å². The maximum absolute atomic E-state index is 14.0. The first-order valence-electron chi connectivity index (χ1n) is 7.31. The number of halogens is 1. The number of anilines is 1. The van der Waals surface area contributed by atoms with Gasteiger partial charge in [0.15, 0.2) is 17.2 Å². The number of fused-ring (bicyclic) bond motifs is 2. The number of nitrogens with zero attached hydrogens (tertiary/aromatic N) is 3. The Hall–Kier alpha value is -3.22. The highest BCUT2D eigenvalue weighted by atomic mass is 19.1. The quantitative estimate of drug-likeness (QED) is 0.627. The summed E-state index contributed by atoms with van der Waals surface area (Å²) in [5, 5.41) is 6.83. The van der Waals surface area contributed by atoms with E-state index in [2.05, 4.69) is 15.4 Å². The van der Waals surface area contributed by atoms with E-state index >= 15 is 0 Å². The summed E-state index contributed by atoms with van der Waals surface area (Å²) >= 11 is 0. The molecule has 0 saturated carbocycles. The lowest BCUT2D eigenvalue weighted by Crippen LogP contribution is -2.13. The normalized spacial score (nSPS) is 11.3. The maximum atomic E-state index is 14.0. The number of nitrogens with one attached hydrogen (secondary N) is 1. The minimum atomic E-state index is -0.483. The molecule has 0 saturated heterocycles. The number of amides is 1. The van der Waals surface area contributed by atoms with Crippen LogP contribution in [-0.2, 0) is 7.05 Å².